The van der Waals surface area contributed by atoms with Crippen molar-refractivity contribution in [2.45, 2.75) is 26.9 Å². The van der Waals surface area contributed by atoms with Crippen LogP contribution in [0, 0.1) is 13.8 Å². The lowest BCUT2D eigenvalue weighted by Crippen LogP contribution is -2.30. The summed E-state index contributed by atoms with van der Waals surface area (Å²) >= 11 is 5.89. The maximum atomic E-state index is 12.4. The minimum atomic E-state index is -0.716. The summed E-state index contributed by atoms with van der Waals surface area (Å²) in [5.74, 6) is 0.508. The van der Waals surface area contributed by atoms with Gasteiger partial charge in [-0.15, -0.1) is 0 Å². The van der Waals surface area contributed by atoms with Crippen LogP contribution in [0.2, 0.25) is 5.02 Å². The van der Waals surface area contributed by atoms with Crippen molar-refractivity contribution in [1.29, 1.82) is 0 Å². The number of nitrogens with one attached hydrogen (secondary N) is 1. The molecule has 3 aromatic rings. The Labute approximate surface area is 156 Å². The lowest BCUT2D eigenvalue weighted by molar-refractivity contribution is -0.122. The van der Waals surface area contributed by atoms with Crippen LogP contribution in [0.5, 0.6) is 5.75 Å². The van der Waals surface area contributed by atoms with Crippen LogP contribution in [0.25, 0.3) is 11.3 Å². The molecule has 3 rings (SSSR count). The second-order valence-corrected chi connectivity index (χ2v) is 6.40. The number of amides is 1. The number of ether oxygens (including phenoxy) is 1. The Morgan fingerprint density at radius 2 is 1.85 bits per heavy atom. The first-order valence-electron chi connectivity index (χ1n) is 8.07. The van der Waals surface area contributed by atoms with E-state index < -0.39 is 6.10 Å². The molecule has 0 spiro atoms. The van der Waals surface area contributed by atoms with Crippen molar-refractivity contribution >= 4 is 23.3 Å². The fourth-order valence-corrected chi connectivity index (χ4v) is 2.46. The van der Waals surface area contributed by atoms with E-state index in [1.807, 2.05) is 32.0 Å². The summed E-state index contributed by atoms with van der Waals surface area (Å²) in [6.07, 6.45) is -0.716. The second-order valence-electron chi connectivity index (χ2n) is 5.96. The lowest BCUT2D eigenvalue weighted by atomic mass is 10.1. The monoisotopic (exact) mass is 371 g/mol. The number of anilines is 1. The Morgan fingerprint density at radius 1 is 1.12 bits per heavy atom. The van der Waals surface area contributed by atoms with Crippen molar-refractivity contribution in [2.75, 3.05) is 5.32 Å². The van der Waals surface area contributed by atoms with Gasteiger partial charge in [0.15, 0.2) is 11.8 Å². The van der Waals surface area contributed by atoms with E-state index in [-0.39, 0.29) is 11.7 Å². The number of carbonyl (C=O) groups excluding carboxylic acids is 1. The van der Waals surface area contributed by atoms with Crippen LogP contribution in [-0.4, -0.2) is 22.3 Å². The van der Waals surface area contributed by atoms with Gasteiger partial charge in [-0.3, -0.25) is 4.79 Å². The number of hydrogen-bond donors (Lipinski definition) is 1. The zero-order valence-corrected chi connectivity index (χ0v) is 15.4. The Balaban J connectivity index is 1.71. The zero-order chi connectivity index (χ0) is 18.7. The summed E-state index contributed by atoms with van der Waals surface area (Å²) < 4.78 is 10.5. The topological polar surface area (TPSA) is 77.2 Å². The number of nitrogens with zero attached hydrogens (tertiary/aromatic N) is 2. The van der Waals surface area contributed by atoms with E-state index in [0.717, 1.165) is 16.7 Å². The number of rotatable bonds is 5. The Kier molecular flexibility index (Phi) is 5.23. The van der Waals surface area contributed by atoms with Gasteiger partial charge < -0.3 is 10.1 Å². The SMILES string of the molecule is Cc1ccc(O[C@@H](C)C(=O)Nc2nonc2-c2ccc(Cl)cc2)cc1C. The van der Waals surface area contributed by atoms with Crippen LogP contribution < -0.4 is 10.1 Å². The molecule has 0 aliphatic carbocycles. The minimum absolute atomic E-state index is 0.229. The average Bonchev–Trinajstić information content (AvgIpc) is 3.07. The first kappa shape index (κ1) is 17.9. The predicted octanol–water partition coefficient (Wildman–Crippen LogP) is 4.41. The van der Waals surface area contributed by atoms with Crippen molar-refractivity contribution in [3.63, 3.8) is 0 Å². The summed E-state index contributed by atoms with van der Waals surface area (Å²) in [5, 5.41) is 10.9. The van der Waals surface area contributed by atoms with Gasteiger partial charge in [-0.25, -0.2) is 4.63 Å². The number of halogens is 1. The standard InChI is InChI=1S/C19H18ClN3O3/c1-11-4-9-16(10-12(11)2)25-13(3)19(24)21-18-17(22-26-23-18)14-5-7-15(20)8-6-14/h4-10,13H,1-3H3,(H,21,23,24)/t13-/m0/s1. The molecular formula is C19H18ClN3O3. The fraction of sp³-hybridized carbons (Fsp3) is 0.211. The molecule has 2 aromatic carbocycles. The molecule has 7 heteroatoms. The molecule has 0 fully saturated rings. The molecule has 1 N–H and O–H groups in total. The maximum absolute atomic E-state index is 12.4. The molecule has 0 aliphatic heterocycles. The van der Waals surface area contributed by atoms with Crippen molar-refractivity contribution in [3.8, 4) is 17.0 Å². The predicted molar refractivity (Wildman–Crippen MR) is 99.4 cm³/mol. The highest BCUT2D eigenvalue weighted by molar-refractivity contribution is 6.30. The Hall–Kier alpha value is -2.86. The van der Waals surface area contributed by atoms with Crippen molar-refractivity contribution in [3.05, 3.63) is 58.6 Å². The van der Waals surface area contributed by atoms with Gasteiger partial charge in [0, 0.05) is 10.6 Å². The molecule has 1 atom stereocenters. The molecule has 6 nitrogen and oxygen atoms in total. The normalized spacial score (nSPS) is 11.8. The molecule has 1 aromatic heterocycles. The van der Waals surface area contributed by atoms with Crippen LogP contribution in [0.3, 0.4) is 0 Å². The van der Waals surface area contributed by atoms with Gasteiger partial charge >= 0.3 is 0 Å². The van der Waals surface area contributed by atoms with E-state index in [0.29, 0.717) is 16.5 Å². The van der Waals surface area contributed by atoms with Gasteiger partial charge in [-0.05, 0) is 66.5 Å². The molecule has 0 unspecified atom stereocenters. The van der Waals surface area contributed by atoms with E-state index >= 15 is 0 Å². The summed E-state index contributed by atoms with van der Waals surface area (Å²) in [6, 6.07) is 12.7. The third-order valence-electron chi connectivity index (χ3n) is 4.01. The summed E-state index contributed by atoms with van der Waals surface area (Å²) in [5.41, 5.74) is 3.42. The molecule has 0 aliphatic rings. The van der Waals surface area contributed by atoms with Crippen molar-refractivity contribution in [1.82, 2.24) is 10.3 Å². The smallest absolute Gasteiger partial charge is 0.266 e. The molecular weight excluding hydrogens is 354 g/mol. The van der Waals surface area contributed by atoms with Gasteiger partial charge in [0.25, 0.3) is 5.91 Å². The van der Waals surface area contributed by atoms with Crippen LogP contribution in [0.15, 0.2) is 47.1 Å². The van der Waals surface area contributed by atoms with Gasteiger partial charge in [-0.2, -0.15) is 0 Å². The first-order chi connectivity index (χ1) is 12.4. The van der Waals surface area contributed by atoms with E-state index in [4.69, 9.17) is 21.0 Å². The molecule has 0 saturated carbocycles. The molecule has 26 heavy (non-hydrogen) atoms. The quantitative estimate of drug-likeness (QED) is 0.718. The number of carbonyl (C=O) groups is 1. The van der Waals surface area contributed by atoms with Crippen molar-refractivity contribution < 1.29 is 14.2 Å². The molecule has 0 radical (unpaired) electrons. The Bertz CT molecular complexity index is 922. The molecule has 0 saturated heterocycles. The minimum Gasteiger partial charge on any atom is -0.481 e. The van der Waals surface area contributed by atoms with Gasteiger partial charge in [0.1, 0.15) is 5.75 Å². The first-order valence-corrected chi connectivity index (χ1v) is 8.45. The second kappa shape index (κ2) is 7.58. The average molecular weight is 372 g/mol. The van der Waals surface area contributed by atoms with E-state index in [1.165, 1.54) is 0 Å². The number of aromatic nitrogens is 2. The largest absolute Gasteiger partial charge is 0.481 e. The number of aryl methyl sites for hydroxylation is 2. The fourth-order valence-electron chi connectivity index (χ4n) is 2.33. The van der Waals surface area contributed by atoms with Crippen LogP contribution in [0.1, 0.15) is 18.1 Å². The highest BCUT2D eigenvalue weighted by atomic mass is 35.5. The number of benzene rings is 2. The molecule has 134 valence electrons. The summed E-state index contributed by atoms with van der Waals surface area (Å²) in [4.78, 5) is 12.4. The molecule has 1 amide bonds. The highest BCUT2D eigenvalue weighted by Gasteiger charge is 2.20. The van der Waals surface area contributed by atoms with E-state index in [2.05, 4.69) is 15.6 Å². The molecule has 0 bridgehead atoms. The van der Waals surface area contributed by atoms with E-state index in [1.54, 1.807) is 31.2 Å². The maximum Gasteiger partial charge on any atom is 0.266 e. The summed E-state index contributed by atoms with van der Waals surface area (Å²) in [6.45, 7) is 5.68. The third-order valence-corrected chi connectivity index (χ3v) is 4.26. The van der Waals surface area contributed by atoms with Crippen molar-refractivity contribution in [2.24, 2.45) is 0 Å². The van der Waals surface area contributed by atoms with Crippen LogP contribution in [-0.2, 0) is 4.79 Å². The molecule has 1 heterocycles. The van der Waals surface area contributed by atoms with Gasteiger partial charge in [0.05, 0.1) is 0 Å². The van der Waals surface area contributed by atoms with Crippen LogP contribution in [0.4, 0.5) is 5.82 Å². The summed E-state index contributed by atoms with van der Waals surface area (Å²) in [7, 11) is 0. The third kappa shape index (κ3) is 4.03. The number of hydrogen-bond acceptors (Lipinski definition) is 5. The zero-order valence-electron chi connectivity index (χ0n) is 14.6. The van der Waals surface area contributed by atoms with Crippen LogP contribution >= 0.6 is 11.6 Å². The Morgan fingerprint density at radius 3 is 2.54 bits per heavy atom. The van der Waals surface area contributed by atoms with E-state index in [9.17, 15) is 4.79 Å². The highest BCUT2D eigenvalue weighted by Crippen LogP contribution is 2.26. The van der Waals surface area contributed by atoms with Gasteiger partial charge in [0.2, 0.25) is 5.82 Å². The van der Waals surface area contributed by atoms with Gasteiger partial charge in [-0.1, -0.05) is 29.8 Å². The lowest BCUT2D eigenvalue weighted by Gasteiger charge is -2.15.